The Kier molecular flexibility index (Phi) is 3.43. The van der Waals surface area contributed by atoms with Crippen LogP contribution in [0.1, 0.15) is 20.8 Å². The van der Waals surface area contributed by atoms with E-state index in [0.717, 1.165) is 5.57 Å². The van der Waals surface area contributed by atoms with Crippen LogP contribution in [0, 0.1) is 11.3 Å². The Hall–Kier alpha value is -1.40. The molecule has 0 amide bonds. The van der Waals surface area contributed by atoms with Gasteiger partial charge in [-0.1, -0.05) is 44.2 Å². The second-order valence-electron chi connectivity index (χ2n) is 4.60. The van der Waals surface area contributed by atoms with Crippen molar-refractivity contribution in [2.75, 3.05) is 6.54 Å². The molecule has 80 valence electrons. The molecule has 0 radical (unpaired) electrons. The van der Waals surface area contributed by atoms with E-state index in [1.54, 1.807) is 6.08 Å². The van der Waals surface area contributed by atoms with Gasteiger partial charge in [-0.15, -0.1) is 0 Å². The number of allylic oxidation sites excluding steroid dienone is 4. The van der Waals surface area contributed by atoms with Crippen molar-refractivity contribution in [1.82, 2.24) is 0 Å². The molecule has 0 aliphatic heterocycles. The van der Waals surface area contributed by atoms with Crippen molar-refractivity contribution in [2.45, 2.75) is 20.8 Å². The fourth-order valence-corrected chi connectivity index (χ4v) is 1.72. The molecule has 0 saturated heterocycles. The van der Waals surface area contributed by atoms with E-state index in [2.05, 4.69) is 43.6 Å². The van der Waals surface area contributed by atoms with Crippen molar-refractivity contribution in [1.29, 1.82) is 0 Å². The molecule has 0 spiro atoms. The predicted molar refractivity (Wildman–Crippen MR) is 62.3 cm³/mol. The summed E-state index contributed by atoms with van der Waals surface area (Å²) in [7, 11) is 0. The summed E-state index contributed by atoms with van der Waals surface area (Å²) in [6, 6.07) is 0. The van der Waals surface area contributed by atoms with E-state index < -0.39 is 0 Å². The summed E-state index contributed by atoms with van der Waals surface area (Å²) in [4.78, 5) is 13.7. The molecular formula is C13H17NO. The molecular weight excluding hydrogens is 186 g/mol. The van der Waals surface area contributed by atoms with Crippen LogP contribution in [0.25, 0.3) is 0 Å². The first-order valence-electron chi connectivity index (χ1n) is 5.08. The highest BCUT2D eigenvalue weighted by Gasteiger charge is 2.28. The lowest BCUT2D eigenvalue weighted by Crippen LogP contribution is -2.25. The first kappa shape index (κ1) is 11.7. The third-order valence-corrected chi connectivity index (χ3v) is 2.84. The van der Waals surface area contributed by atoms with E-state index in [4.69, 9.17) is 0 Å². The second kappa shape index (κ2) is 4.41. The standard InChI is InChI=1S/C13H17NO/c1-10(2)11-5-6-12(8-14-9-15)13(3,4)7-11/h5-7,12H,1,8H2,2-4H3. The molecule has 0 N–H and O–H groups in total. The van der Waals surface area contributed by atoms with Gasteiger partial charge in [0.1, 0.15) is 0 Å². The van der Waals surface area contributed by atoms with Gasteiger partial charge in [0.2, 0.25) is 6.08 Å². The van der Waals surface area contributed by atoms with Gasteiger partial charge in [0.05, 0.1) is 6.54 Å². The van der Waals surface area contributed by atoms with E-state index in [9.17, 15) is 4.79 Å². The number of hydrogen-bond acceptors (Lipinski definition) is 2. The average Bonchev–Trinajstić information content (AvgIpc) is 2.14. The molecule has 0 aromatic rings. The van der Waals surface area contributed by atoms with Gasteiger partial charge in [-0.2, -0.15) is 0 Å². The number of aliphatic imine (C=N–C) groups is 1. The number of nitrogens with zero attached hydrogens (tertiary/aromatic N) is 1. The maximum atomic E-state index is 10.1. The topological polar surface area (TPSA) is 29.4 Å². The van der Waals surface area contributed by atoms with Crippen LogP contribution in [0.3, 0.4) is 0 Å². The molecule has 1 unspecified atom stereocenters. The van der Waals surface area contributed by atoms with Crippen LogP contribution in [-0.2, 0) is 4.79 Å². The number of isocyanates is 1. The number of hydrogen-bond donors (Lipinski definition) is 0. The lowest BCUT2D eigenvalue weighted by Gasteiger charge is -2.32. The molecule has 0 aromatic heterocycles. The number of carbonyl (C=O) groups excluding carboxylic acids is 1. The third kappa shape index (κ3) is 2.77. The Morgan fingerprint density at radius 2 is 2.33 bits per heavy atom. The van der Waals surface area contributed by atoms with Crippen molar-refractivity contribution < 1.29 is 4.79 Å². The zero-order valence-corrected chi connectivity index (χ0v) is 9.58. The van der Waals surface area contributed by atoms with Crippen LogP contribution in [0.5, 0.6) is 0 Å². The highest BCUT2D eigenvalue weighted by molar-refractivity contribution is 5.41. The van der Waals surface area contributed by atoms with Crippen LogP contribution in [-0.4, -0.2) is 12.6 Å². The fourth-order valence-electron chi connectivity index (χ4n) is 1.72. The van der Waals surface area contributed by atoms with Crippen LogP contribution in [0.2, 0.25) is 0 Å². The molecule has 2 nitrogen and oxygen atoms in total. The molecule has 0 aromatic carbocycles. The van der Waals surface area contributed by atoms with Gasteiger partial charge >= 0.3 is 0 Å². The molecule has 0 heterocycles. The van der Waals surface area contributed by atoms with Crippen molar-refractivity contribution in [3.63, 3.8) is 0 Å². The van der Waals surface area contributed by atoms with Gasteiger partial charge in [0, 0.05) is 5.92 Å². The molecule has 15 heavy (non-hydrogen) atoms. The Bertz CT molecular complexity index is 368. The van der Waals surface area contributed by atoms with E-state index in [-0.39, 0.29) is 11.3 Å². The lowest BCUT2D eigenvalue weighted by atomic mass is 9.73. The molecule has 2 heteroatoms. The molecule has 1 aliphatic rings. The minimum Gasteiger partial charge on any atom is -0.211 e. The van der Waals surface area contributed by atoms with Gasteiger partial charge in [-0.25, -0.2) is 9.79 Å². The van der Waals surface area contributed by atoms with Crippen LogP contribution >= 0.6 is 0 Å². The first-order chi connectivity index (χ1) is 6.97. The summed E-state index contributed by atoms with van der Waals surface area (Å²) < 4.78 is 0. The van der Waals surface area contributed by atoms with Gasteiger partial charge in [0.25, 0.3) is 0 Å². The first-order valence-corrected chi connectivity index (χ1v) is 5.08. The average molecular weight is 203 g/mol. The smallest absolute Gasteiger partial charge is 0.211 e. The molecule has 1 atom stereocenters. The summed E-state index contributed by atoms with van der Waals surface area (Å²) in [5, 5.41) is 0. The van der Waals surface area contributed by atoms with Crippen molar-refractivity contribution in [3.8, 4) is 0 Å². The van der Waals surface area contributed by atoms with Gasteiger partial charge in [-0.3, -0.25) is 0 Å². The van der Waals surface area contributed by atoms with E-state index in [1.807, 2.05) is 6.92 Å². The van der Waals surface area contributed by atoms with E-state index in [1.165, 1.54) is 5.57 Å². The van der Waals surface area contributed by atoms with Crippen molar-refractivity contribution in [3.05, 3.63) is 36.0 Å². The molecule has 1 aliphatic carbocycles. The van der Waals surface area contributed by atoms with E-state index in [0.29, 0.717) is 6.54 Å². The summed E-state index contributed by atoms with van der Waals surface area (Å²) in [5.41, 5.74) is 2.26. The van der Waals surface area contributed by atoms with Crippen LogP contribution in [0.4, 0.5) is 0 Å². The molecule has 0 bridgehead atoms. The maximum absolute atomic E-state index is 10.1. The summed E-state index contributed by atoms with van der Waals surface area (Å²) >= 11 is 0. The zero-order chi connectivity index (χ0) is 11.5. The normalized spacial score (nSPS) is 22.9. The van der Waals surface area contributed by atoms with Gasteiger partial charge in [-0.05, 0) is 17.9 Å². The monoisotopic (exact) mass is 203 g/mol. The van der Waals surface area contributed by atoms with Crippen LogP contribution < -0.4 is 0 Å². The van der Waals surface area contributed by atoms with E-state index >= 15 is 0 Å². The Balaban J connectivity index is 2.89. The Labute approximate surface area is 91.1 Å². The lowest BCUT2D eigenvalue weighted by molar-refractivity contribution is 0.344. The second-order valence-corrected chi connectivity index (χ2v) is 4.60. The summed E-state index contributed by atoms with van der Waals surface area (Å²) in [5.74, 6) is 0.266. The van der Waals surface area contributed by atoms with Gasteiger partial charge < -0.3 is 0 Å². The fraction of sp³-hybridized carbons (Fsp3) is 0.462. The van der Waals surface area contributed by atoms with Crippen molar-refractivity contribution >= 4 is 6.08 Å². The SMILES string of the molecule is C=C(C)C1=CC(C)(C)C(CN=C=O)C=C1. The van der Waals surface area contributed by atoms with Crippen molar-refractivity contribution in [2.24, 2.45) is 16.3 Å². The number of rotatable bonds is 3. The summed E-state index contributed by atoms with van der Waals surface area (Å²) in [6.45, 7) is 10.7. The zero-order valence-electron chi connectivity index (χ0n) is 9.58. The Morgan fingerprint density at radius 3 is 2.80 bits per heavy atom. The molecule has 0 fully saturated rings. The minimum absolute atomic E-state index is 0.0172. The molecule has 1 rings (SSSR count). The minimum atomic E-state index is 0.0172. The summed E-state index contributed by atoms with van der Waals surface area (Å²) in [6.07, 6.45) is 7.94. The van der Waals surface area contributed by atoms with Gasteiger partial charge in [0.15, 0.2) is 0 Å². The quantitative estimate of drug-likeness (QED) is 0.512. The highest BCUT2D eigenvalue weighted by atomic mass is 16.1. The highest BCUT2D eigenvalue weighted by Crippen LogP contribution is 2.36. The Morgan fingerprint density at radius 1 is 1.67 bits per heavy atom. The van der Waals surface area contributed by atoms with Crippen LogP contribution in [0.15, 0.2) is 40.9 Å². The molecule has 0 saturated carbocycles. The largest absolute Gasteiger partial charge is 0.234 e. The third-order valence-electron chi connectivity index (χ3n) is 2.84. The maximum Gasteiger partial charge on any atom is 0.234 e. The predicted octanol–water partition coefficient (Wildman–Crippen LogP) is 3.04.